The molecule has 3 atom stereocenters. The predicted octanol–water partition coefficient (Wildman–Crippen LogP) is 1.78. The van der Waals surface area contributed by atoms with Gasteiger partial charge in [0, 0.05) is 36.8 Å². The van der Waals surface area contributed by atoms with Crippen LogP contribution in [-0.4, -0.2) is 59.3 Å². The molecule has 9 nitrogen and oxygen atoms in total. The first-order valence-corrected chi connectivity index (χ1v) is 9.89. The van der Waals surface area contributed by atoms with E-state index in [1.807, 2.05) is 37.1 Å². The van der Waals surface area contributed by atoms with E-state index in [0.29, 0.717) is 23.9 Å². The SMILES string of the molecule is Cc1ccc(-n2nccn2)c(C(=O)N2C3CCC2C(COc2ccnn2C)C3)n1. The standard InChI is InChI=1S/C20H23N7O2/c1-13-3-5-17(27-22-9-10-23-27)19(24-13)20(28)26-15-4-6-16(26)14(11-15)12-29-18-7-8-21-25(18)2/h3,5,7-10,14-16H,4,6,11-12H2,1-2H3. The van der Waals surface area contributed by atoms with E-state index in [-0.39, 0.29) is 18.0 Å². The van der Waals surface area contributed by atoms with Gasteiger partial charge in [-0.25, -0.2) is 9.67 Å². The lowest BCUT2D eigenvalue weighted by Crippen LogP contribution is -2.38. The highest BCUT2D eigenvalue weighted by molar-refractivity contribution is 5.96. The Hall–Kier alpha value is -3.23. The van der Waals surface area contributed by atoms with Gasteiger partial charge in [-0.2, -0.15) is 15.3 Å². The van der Waals surface area contributed by atoms with Gasteiger partial charge in [0.05, 0.1) is 25.2 Å². The summed E-state index contributed by atoms with van der Waals surface area (Å²) in [5.41, 5.74) is 1.82. The van der Waals surface area contributed by atoms with Crippen molar-refractivity contribution >= 4 is 5.91 Å². The van der Waals surface area contributed by atoms with Gasteiger partial charge in [-0.3, -0.25) is 4.79 Å². The third-order valence-corrected chi connectivity index (χ3v) is 5.97. The summed E-state index contributed by atoms with van der Waals surface area (Å²) in [6.45, 7) is 2.47. The van der Waals surface area contributed by atoms with Crippen LogP contribution >= 0.6 is 0 Å². The summed E-state index contributed by atoms with van der Waals surface area (Å²) in [5.74, 6) is 1.01. The number of hydrogen-bond acceptors (Lipinski definition) is 6. The van der Waals surface area contributed by atoms with E-state index in [4.69, 9.17) is 4.74 Å². The Morgan fingerprint density at radius 1 is 1.14 bits per heavy atom. The van der Waals surface area contributed by atoms with Gasteiger partial charge in [-0.1, -0.05) is 0 Å². The third-order valence-electron chi connectivity index (χ3n) is 5.97. The molecule has 0 N–H and O–H groups in total. The van der Waals surface area contributed by atoms with Crippen molar-refractivity contribution in [2.75, 3.05) is 6.61 Å². The third kappa shape index (κ3) is 3.06. The normalized spacial score (nSPS) is 23.0. The molecule has 0 aliphatic carbocycles. The first-order valence-electron chi connectivity index (χ1n) is 9.89. The Kier molecular flexibility index (Phi) is 4.30. The topological polar surface area (TPSA) is 91.0 Å². The molecule has 5 heterocycles. The van der Waals surface area contributed by atoms with Gasteiger partial charge in [0.15, 0.2) is 5.69 Å². The van der Waals surface area contributed by atoms with Crippen LogP contribution < -0.4 is 4.74 Å². The Morgan fingerprint density at radius 2 is 1.97 bits per heavy atom. The summed E-state index contributed by atoms with van der Waals surface area (Å²) >= 11 is 0. The zero-order chi connectivity index (χ0) is 20.0. The van der Waals surface area contributed by atoms with E-state index in [1.165, 1.54) is 4.80 Å². The fourth-order valence-electron chi connectivity index (χ4n) is 4.63. The maximum absolute atomic E-state index is 13.5. The number of carbonyl (C=O) groups excluding carboxylic acids is 1. The fourth-order valence-corrected chi connectivity index (χ4v) is 4.63. The van der Waals surface area contributed by atoms with E-state index in [9.17, 15) is 4.79 Å². The molecule has 0 aromatic carbocycles. The maximum atomic E-state index is 13.5. The minimum atomic E-state index is -0.0449. The molecule has 2 aliphatic heterocycles. The van der Waals surface area contributed by atoms with Crippen LogP contribution in [0.15, 0.2) is 36.8 Å². The Morgan fingerprint density at radius 3 is 2.72 bits per heavy atom. The number of fused-ring (bicyclic) bond motifs is 2. The molecule has 3 aromatic rings. The first-order chi connectivity index (χ1) is 14.1. The second-order valence-electron chi connectivity index (χ2n) is 7.75. The lowest BCUT2D eigenvalue weighted by Gasteiger charge is -2.25. The predicted molar refractivity (Wildman–Crippen MR) is 104 cm³/mol. The van der Waals surface area contributed by atoms with Crippen LogP contribution in [0.4, 0.5) is 0 Å². The van der Waals surface area contributed by atoms with Crippen molar-refractivity contribution < 1.29 is 9.53 Å². The number of pyridine rings is 1. The van der Waals surface area contributed by atoms with E-state index in [1.54, 1.807) is 23.3 Å². The second kappa shape index (κ2) is 6.98. The van der Waals surface area contributed by atoms with E-state index < -0.39 is 0 Å². The zero-order valence-electron chi connectivity index (χ0n) is 16.5. The molecule has 150 valence electrons. The molecule has 0 saturated carbocycles. The molecular weight excluding hydrogens is 370 g/mol. The van der Waals surface area contributed by atoms with Crippen molar-refractivity contribution in [1.29, 1.82) is 0 Å². The molecule has 3 aromatic heterocycles. The van der Waals surface area contributed by atoms with Gasteiger partial charge in [-0.05, 0) is 38.3 Å². The van der Waals surface area contributed by atoms with Crippen LogP contribution in [0, 0.1) is 12.8 Å². The second-order valence-corrected chi connectivity index (χ2v) is 7.75. The molecular formula is C20H23N7O2. The fraction of sp³-hybridized carbons (Fsp3) is 0.450. The van der Waals surface area contributed by atoms with Crippen molar-refractivity contribution in [2.24, 2.45) is 13.0 Å². The molecule has 2 bridgehead atoms. The van der Waals surface area contributed by atoms with Gasteiger partial charge >= 0.3 is 0 Å². The first kappa shape index (κ1) is 17.8. The van der Waals surface area contributed by atoms with Crippen molar-refractivity contribution in [3.05, 3.63) is 48.2 Å². The van der Waals surface area contributed by atoms with Crippen LogP contribution in [0.2, 0.25) is 0 Å². The van der Waals surface area contributed by atoms with E-state index >= 15 is 0 Å². The highest BCUT2D eigenvalue weighted by atomic mass is 16.5. The van der Waals surface area contributed by atoms with E-state index in [0.717, 1.165) is 30.8 Å². The van der Waals surface area contributed by atoms with Gasteiger partial charge in [0.25, 0.3) is 5.91 Å². The largest absolute Gasteiger partial charge is 0.477 e. The van der Waals surface area contributed by atoms with Crippen LogP contribution in [0.1, 0.15) is 35.4 Å². The molecule has 5 rings (SSSR count). The zero-order valence-corrected chi connectivity index (χ0v) is 16.5. The van der Waals surface area contributed by atoms with Gasteiger partial charge in [0.1, 0.15) is 5.69 Å². The highest BCUT2D eigenvalue weighted by Crippen LogP contribution is 2.42. The highest BCUT2D eigenvalue weighted by Gasteiger charge is 2.49. The molecule has 0 radical (unpaired) electrons. The monoisotopic (exact) mass is 393 g/mol. The molecule has 2 aliphatic rings. The summed E-state index contributed by atoms with van der Waals surface area (Å²) in [5, 5.41) is 12.5. The molecule has 3 unspecified atom stereocenters. The van der Waals surface area contributed by atoms with Crippen LogP contribution in [-0.2, 0) is 7.05 Å². The average Bonchev–Trinajstić information content (AvgIpc) is 3.50. The smallest absolute Gasteiger partial charge is 0.275 e. The Bertz CT molecular complexity index is 1030. The molecule has 2 fully saturated rings. The minimum Gasteiger partial charge on any atom is -0.477 e. The molecule has 29 heavy (non-hydrogen) atoms. The number of rotatable bonds is 5. The van der Waals surface area contributed by atoms with Gasteiger partial charge < -0.3 is 9.64 Å². The lowest BCUT2D eigenvalue weighted by atomic mass is 9.90. The van der Waals surface area contributed by atoms with Crippen molar-refractivity contribution in [3.63, 3.8) is 0 Å². The molecule has 0 spiro atoms. The molecule has 2 saturated heterocycles. The summed E-state index contributed by atoms with van der Waals surface area (Å²) < 4.78 is 7.69. The van der Waals surface area contributed by atoms with Crippen molar-refractivity contribution in [1.82, 2.24) is 34.7 Å². The average molecular weight is 393 g/mol. The Labute approximate surface area is 168 Å². The Balaban J connectivity index is 1.38. The summed E-state index contributed by atoms with van der Waals surface area (Å²) in [4.78, 5) is 21.6. The van der Waals surface area contributed by atoms with E-state index in [2.05, 4.69) is 20.3 Å². The lowest BCUT2D eigenvalue weighted by molar-refractivity contribution is 0.0702. The van der Waals surface area contributed by atoms with Crippen molar-refractivity contribution in [3.8, 4) is 11.6 Å². The number of amides is 1. The summed E-state index contributed by atoms with van der Waals surface area (Å²) in [6.07, 6.45) is 7.89. The van der Waals surface area contributed by atoms with Crippen molar-refractivity contribution in [2.45, 2.75) is 38.3 Å². The number of aryl methyl sites for hydroxylation is 2. The van der Waals surface area contributed by atoms with Crippen LogP contribution in [0.5, 0.6) is 5.88 Å². The molecule has 1 amide bonds. The minimum absolute atomic E-state index is 0.0449. The summed E-state index contributed by atoms with van der Waals surface area (Å²) in [6, 6.07) is 5.99. The quantitative estimate of drug-likeness (QED) is 0.656. The molecule has 9 heteroatoms. The summed E-state index contributed by atoms with van der Waals surface area (Å²) in [7, 11) is 1.86. The maximum Gasteiger partial charge on any atom is 0.275 e. The number of hydrogen-bond donors (Lipinski definition) is 0. The number of nitrogens with zero attached hydrogens (tertiary/aromatic N) is 7. The number of ether oxygens (including phenoxy) is 1. The van der Waals surface area contributed by atoms with Crippen LogP contribution in [0.3, 0.4) is 0 Å². The van der Waals surface area contributed by atoms with Gasteiger partial charge in [-0.15, -0.1) is 4.80 Å². The number of carbonyl (C=O) groups is 1. The number of aromatic nitrogens is 6. The van der Waals surface area contributed by atoms with Gasteiger partial charge in [0.2, 0.25) is 5.88 Å². The van der Waals surface area contributed by atoms with Crippen LogP contribution in [0.25, 0.3) is 5.69 Å².